The van der Waals surface area contributed by atoms with Gasteiger partial charge in [-0.25, -0.2) is 4.39 Å². The lowest BCUT2D eigenvalue weighted by atomic mass is 9.73. The smallest absolute Gasteiger partial charge is 0.123 e. The van der Waals surface area contributed by atoms with Gasteiger partial charge in [0.25, 0.3) is 0 Å². The van der Waals surface area contributed by atoms with E-state index in [4.69, 9.17) is 10.5 Å². The van der Waals surface area contributed by atoms with Crippen LogP contribution >= 0.6 is 0 Å². The highest BCUT2D eigenvalue weighted by molar-refractivity contribution is 5.40. The van der Waals surface area contributed by atoms with Gasteiger partial charge in [-0.05, 0) is 24.1 Å². The van der Waals surface area contributed by atoms with Crippen LogP contribution in [0.15, 0.2) is 18.2 Å². The maximum absolute atomic E-state index is 13.3. The Bertz CT molecular complexity index is 365. The van der Waals surface area contributed by atoms with Crippen LogP contribution in [0.2, 0.25) is 0 Å². The summed E-state index contributed by atoms with van der Waals surface area (Å²) in [6.07, 6.45) is 0. The number of ether oxygens (including phenoxy) is 1. The zero-order valence-corrected chi connectivity index (χ0v) is 10.4. The van der Waals surface area contributed by atoms with Gasteiger partial charge in [0.05, 0.1) is 7.11 Å². The van der Waals surface area contributed by atoms with Crippen molar-refractivity contribution in [3.05, 3.63) is 29.6 Å². The van der Waals surface area contributed by atoms with Crippen molar-refractivity contribution in [1.29, 1.82) is 0 Å². The molecule has 0 heterocycles. The third-order valence-electron chi connectivity index (χ3n) is 3.48. The molecule has 16 heavy (non-hydrogen) atoms. The first-order valence-electron chi connectivity index (χ1n) is 5.49. The van der Waals surface area contributed by atoms with E-state index in [1.807, 2.05) is 6.92 Å². The third kappa shape index (κ3) is 2.19. The Balaban J connectivity index is 3.33. The van der Waals surface area contributed by atoms with Crippen molar-refractivity contribution in [2.24, 2.45) is 11.7 Å². The summed E-state index contributed by atoms with van der Waals surface area (Å²) in [4.78, 5) is 0. The van der Waals surface area contributed by atoms with Crippen molar-refractivity contribution in [2.75, 3.05) is 13.7 Å². The van der Waals surface area contributed by atoms with Crippen LogP contribution in [-0.2, 0) is 5.41 Å². The SMILES string of the molecule is COc1ccc(F)cc1C(C)(CN)C(C)C. The maximum Gasteiger partial charge on any atom is 0.123 e. The number of nitrogens with two attached hydrogens (primary N) is 1. The van der Waals surface area contributed by atoms with Crippen molar-refractivity contribution in [1.82, 2.24) is 0 Å². The van der Waals surface area contributed by atoms with Crippen molar-refractivity contribution in [2.45, 2.75) is 26.2 Å². The molecule has 2 nitrogen and oxygen atoms in total. The van der Waals surface area contributed by atoms with Crippen molar-refractivity contribution in [3.8, 4) is 5.75 Å². The molecule has 1 atom stereocenters. The number of benzene rings is 1. The zero-order chi connectivity index (χ0) is 12.3. The number of hydrogen-bond acceptors (Lipinski definition) is 2. The van der Waals surface area contributed by atoms with Crippen LogP contribution in [0.3, 0.4) is 0 Å². The minimum atomic E-state index is -0.270. The molecule has 0 amide bonds. The highest BCUT2D eigenvalue weighted by Crippen LogP contribution is 2.37. The first-order valence-corrected chi connectivity index (χ1v) is 5.49. The molecule has 0 fully saturated rings. The van der Waals surface area contributed by atoms with Crippen molar-refractivity contribution >= 4 is 0 Å². The number of rotatable bonds is 4. The molecular formula is C13H20FNO. The Morgan fingerprint density at radius 3 is 2.50 bits per heavy atom. The van der Waals surface area contributed by atoms with Gasteiger partial charge in [0.2, 0.25) is 0 Å². The van der Waals surface area contributed by atoms with E-state index in [1.54, 1.807) is 13.2 Å². The van der Waals surface area contributed by atoms with Crippen LogP contribution in [0.5, 0.6) is 5.75 Å². The molecule has 1 rings (SSSR count). The number of methoxy groups -OCH3 is 1. The first-order chi connectivity index (χ1) is 7.45. The predicted molar refractivity (Wildman–Crippen MR) is 64.2 cm³/mol. The summed E-state index contributed by atoms with van der Waals surface area (Å²) in [5.74, 6) is 0.757. The monoisotopic (exact) mass is 225 g/mol. The Labute approximate surface area is 96.6 Å². The van der Waals surface area contributed by atoms with E-state index < -0.39 is 0 Å². The summed E-state index contributed by atoms with van der Waals surface area (Å²) in [6.45, 7) is 6.66. The molecule has 0 aliphatic heterocycles. The molecule has 0 aliphatic rings. The van der Waals surface area contributed by atoms with Crippen LogP contribution in [0.25, 0.3) is 0 Å². The first kappa shape index (κ1) is 13.0. The average molecular weight is 225 g/mol. The lowest BCUT2D eigenvalue weighted by molar-refractivity contribution is 0.322. The van der Waals surface area contributed by atoms with E-state index in [1.165, 1.54) is 12.1 Å². The van der Waals surface area contributed by atoms with Crippen LogP contribution in [-0.4, -0.2) is 13.7 Å². The molecule has 90 valence electrons. The Morgan fingerprint density at radius 2 is 2.06 bits per heavy atom. The topological polar surface area (TPSA) is 35.2 Å². The Hall–Kier alpha value is -1.09. The average Bonchev–Trinajstić information content (AvgIpc) is 2.27. The van der Waals surface area contributed by atoms with Gasteiger partial charge in [-0.15, -0.1) is 0 Å². The molecule has 3 heteroatoms. The third-order valence-corrected chi connectivity index (χ3v) is 3.48. The fourth-order valence-corrected chi connectivity index (χ4v) is 1.78. The predicted octanol–water partition coefficient (Wildman–Crippen LogP) is 2.71. The van der Waals surface area contributed by atoms with Crippen molar-refractivity contribution in [3.63, 3.8) is 0 Å². The number of hydrogen-bond donors (Lipinski definition) is 1. The molecule has 1 aromatic carbocycles. The van der Waals surface area contributed by atoms with Crippen LogP contribution in [0.1, 0.15) is 26.3 Å². The molecule has 0 aromatic heterocycles. The summed E-state index contributed by atoms with van der Waals surface area (Å²) in [5.41, 5.74) is 6.41. The second-order valence-electron chi connectivity index (χ2n) is 4.62. The summed E-state index contributed by atoms with van der Waals surface area (Å²) >= 11 is 0. The van der Waals surface area contributed by atoms with E-state index in [9.17, 15) is 4.39 Å². The highest BCUT2D eigenvalue weighted by atomic mass is 19.1. The minimum absolute atomic E-state index is 0.254. The molecule has 1 aromatic rings. The molecule has 1 unspecified atom stereocenters. The van der Waals surface area contributed by atoms with Gasteiger partial charge < -0.3 is 10.5 Å². The van der Waals surface area contributed by atoms with Crippen molar-refractivity contribution < 1.29 is 9.13 Å². The zero-order valence-electron chi connectivity index (χ0n) is 10.4. The quantitative estimate of drug-likeness (QED) is 0.855. The van der Waals surface area contributed by atoms with Crippen LogP contribution in [0.4, 0.5) is 4.39 Å². The fourth-order valence-electron chi connectivity index (χ4n) is 1.78. The van der Waals surface area contributed by atoms with Gasteiger partial charge >= 0.3 is 0 Å². The fraction of sp³-hybridized carbons (Fsp3) is 0.538. The van der Waals surface area contributed by atoms with Crippen LogP contribution in [0, 0.1) is 11.7 Å². The molecule has 2 N–H and O–H groups in total. The lowest BCUT2D eigenvalue weighted by Gasteiger charge is -2.34. The second kappa shape index (κ2) is 4.83. The molecule has 0 aliphatic carbocycles. The van der Waals surface area contributed by atoms with Gasteiger partial charge in [-0.3, -0.25) is 0 Å². The Morgan fingerprint density at radius 1 is 1.44 bits per heavy atom. The van der Waals surface area contributed by atoms with E-state index in [2.05, 4.69) is 13.8 Å². The van der Waals surface area contributed by atoms with Gasteiger partial charge in [0.15, 0.2) is 0 Å². The van der Waals surface area contributed by atoms with Crippen LogP contribution < -0.4 is 10.5 Å². The van der Waals surface area contributed by atoms with Gasteiger partial charge in [-0.2, -0.15) is 0 Å². The summed E-state index contributed by atoms with van der Waals surface area (Å²) < 4.78 is 18.6. The maximum atomic E-state index is 13.3. The molecule has 0 spiro atoms. The second-order valence-corrected chi connectivity index (χ2v) is 4.62. The van der Waals surface area contributed by atoms with Gasteiger partial charge in [0.1, 0.15) is 11.6 Å². The Kier molecular flexibility index (Phi) is 3.92. The van der Waals surface area contributed by atoms with Gasteiger partial charge in [0, 0.05) is 17.5 Å². The number of halogens is 1. The van der Waals surface area contributed by atoms with E-state index in [-0.39, 0.29) is 11.2 Å². The lowest BCUT2D eigenvalue weighted by Crippen LogP contribution is -2.37. The molecule has 0 saturated heterocycles. The molecule has 0 radical (unpaired) electrons. The van der Waals surface area contributed by atoms with E-state index in [0.717, 1.165) is 5.56 Å². The minimum Gasteiger partial charge on any atom is -0.496 e. The standard InChI is InChI=1S/C13H20FNO/c1-9(2)13(3,8-15)11-7-10(14)5-6-12(11)16-4/h5-7,9H,8,15H2,1-4H3. The van der Waals surface area contributed by atoms with E-state index >= 15 is 0 Å². The largest absolute Gasteiger partial charge is 0.496 e. The van der Waals surface area contributed by atoms with Gasteiger partial charge in [-0.1, -0.05) is 20.8 Å². The summed E-state index contributed by atoms with van der Waals surface area (Å²) in [7, 11) is 1.59. The summed E-state index contributed by atoms with van der Waals surface area (Å²) in [6, 6.07) is 4.58. The molecule has 0 bridgehead atoms. The molecule has 0 saturated carbocycles. The molecular weight excluding hydrogens is 205 g/mol. The van der Waals surface area contributed by atoms with E-state index in [0.29, 0.717) is 18.2 Å². The highest BCUT2D eigenvalue weighted by Gasteiger charge is 2.32. The summed E-state index contributed by atoms with van der Waals surface area (Å²) in [5, 5.41) is 0. The normalized spacial score (nSPS) is 14.9.